The number of anilines is 2. The van der Waals surface area contributed by atoms with Gasteiger partial charge in [-0.15, -0.1) is 0 Å². The van der Waals surface area contributed by atoms with Gasteiger partial charge in [-0.25, -0.2) is 9.97 Å². The fourth-order valence-electron chi connectivity index (χ4n) is 2.44. The highest BCUT2D eigenvalue weighted by Gasteiger charge is 2.14. The molecule has 0 unspecified atom stereocenters. The van der Waals surface area contributed by atoms with Gasteiger partial charge in [-0.1, -0.05) is 13.8 Å². The van der Waals surface area contributed by atoms with Crippen molar-refractivity contribution >= 4 is 23.4 Å². The molecule has 0 saturated carbocycles. The highest BCUT2D eigenvalue weighted by atomic mass is 32.2. The summed E-state index contributed by atoms with van der Waals surface area (Å²) in [5, 5.41) is 6.63. The van der Waals surface area contributed by atoms with Gasteiger partial charge in [0.25, 0.3) is 0 Å². The zero-order valence-corrected chi connectivity index (χ0v) is 13.5. The van der Waals surface area contributed by atoms with Crippen LogP contribution in [0.15, 0.2) is 6.33 Å². The predicted octanol–water partition coefficient (Wildman–Crippen LogP) is 2.10. The van der Waals surface area contributed by atoms with Crippen LogP contribution in [0, 0.1) is 0 Å². The number of thioether (sulfide) groups is 1. The summed E-state index contributed by atoms with van der Waals surface area (Å²) in [4.78, 5) is 11.2. The molecule has 0 spiro atoms. The van der Waals surface area contributed by atoms with E-state index < -0.39 is 0 Å². The van der Waals surface area contributed by atoms with Gasteiger partial charge in [0.05, 0.1) is 0 Å². The average molecular weight is 295 g/mol. The molecule has 2 N–H and O–H groups in total. The molecule has 5 nitrogen and oxygen atoms in total. The first-order valence-corrected chi connectivity index (χ1v) is 8.44. The standard InChI is InChI=1S/C14H25N5S/c1-11(2)12-13(15-3)17-10-18-14(12)16-4-5-19-6-8-20-9-7-19/h10-11H,4-9H2,1-3H3,(H2,15,16,17,18). The van der Waals surface area contributed by atoms with E-state index in [0.717, 1.165) is 24.7 Å². The van der Waals surface area contributed by atoms with Crippen molar-refractivity contribution in [3.63, 3.8) is 0 Å². The molecule has 0 radical (unpaired) electrons. The highest BCUT2D eigenvalue weighted by molar-refractivity contribution is 7.99. The van der Waals surface area contributed by atoms with Crippen LogP contribution in [-0.2, 0) is 0 Å². The van der Waals surface area contributed by atoms with E-state index in [1.54, 1.807) is 6.33 Å². The van der Waals surface area contributed by atoms with Crippen molar-refractivity contribution in [2.24, 2.45) is 0 Å². The van der Waals surface area contributed by atoms with Crippen molar-refractivity contribution in [3.05, 3.63) is 11.9 Å². The van der Waals surface area contributed by atoms with E-state index >= 15 is 0 Å². The Morgan fingerprint density at radius 1 is 1.25 bits per heavy atom. The Balaban J connectivity index is 1.94. The maximum Gasteiger partial charge on any atom is 0.135 e. The molecule has 2 heterocycles. The van der Waals surface area contributed by atoms with E-state index in [1.807, 2.05) is 18.8 Å². The minimum absolute atomic E-state index is 0.396. The molecule has 0 aromatic carbocycles. The molecular weight excluding hydrogens is 270 g/mol. The maximum atomic E-state index is 4.41. The van der Waals surface area contributed by atoms with Crippen LogP contribution in [-0.4, -0.2) is 59.6 Å². The third kappa shape index (κ3) is 3.99. The van der Waals surface area contributed by atoms with E-state index in [9.17, 15) is 0 Å². The first-order valence-electron chi connectivity index (χ1n) is 7.29. The number of nitrogens with one attached hydrogen (secondary N) is 2. The molecule has 20 heavy (non-hydrogen) atoms. The number of nitrogens with zero attached hydrogens (tertiary/aromatic N) is 3. The molecule has 0 atom stereocenters. The molecule has 1 aliphatic heterocycles. The first-order chi connectivity index (χ1) is 9.72. The van der Waals surface area contributed by atoms with Crippen LogP contribution >= 0.6 is 11.8 Å². The fraction of sp³-hybridized carbons (Fsp3) is 0.714. The Morgan fingerprint density at radius 3 is 2.60 bits per heavy atom. The van der Waals surface area contributed by atoms with E-state index in [4.69, 9.17) is 0 Å². The summed E-state index contributed by atoms with van der Waals surface area (Å²) in [6.45, 7) is 8.77. The number of aromatic nitrogens is 2. The summed E-state index contributed by atoms with van der Waals surface area (Å²) in [7, 11) is 1.91. The van der Waals surface area contributed by atoms with Crippen LogP contribution in [0.4, 0.5) is 11.6 Å². The lowest BCUT2D eigenvalue weighted by Crippen LogP contribution is -2.36. The van der Waals surface area contributed by atoms with Crippen LogP contribution in [0.25, 0.3) is 0 Å². The van der Waals surface area contributed by atoms with Crippen molar-refractivity contribution in [1.29, 1.82) is 0 Å². The molecule has 1 aliphatic rings. The quantitative estimate of drug-likeness (QED) is 0.838. The van der Waals surface area contributed by atoms with Crippen LogP contribution in [0.5, 0.6) is 0 Å². The van der Waals surface area contributed by atoms with Crippen LogP contribution in [0.2, 0.25) is 0 Å². The molecule has 6 heteroatoms. The summed E-state index contributed by atoms with van der Waals surface area (Å²) in [6, 6.07) is 0. The van der Waals surface area contributed by atoms with Crippen LogP contribution < -0.4 is 10.6 Å². The average Bonchev–Trinajstić information content (AvgIpc) is 2.47. The zero-order valence-electron chi connectivity index (χ0n) is 12.6. The van der Waals surface area contributed by atoms with Gasteiger partial charge in [0, 0.05) is 50.3 Å². The molecule has 1 fully saturated rings. The second kappa shape index (κ2) is 7.69. The Labute approximate surface area is 125 Å². The molecule has 2 rings (SSSR count). The van der Waals surface area contributed by atoms with E-state index in [-0.39, 0.29) is 0 Å². The minimum Gasteiger partial charge on any atom is -0.373 e. The lowest BCUT2D eigenvalue weighted by molar-refractivity contribution is 0.314. The number of hydrogen-bond donors (Lipinski definition) is 2. The third-order valence-corrected chi connectivity index (χ3v) is 4.46. The Bertz CT molecular complexity index is 418. The SMILES string of the molecule is CNc1ncnc(NCCN2CCSCC2)c1C(C)C. The smallest absolute Gasteiger partial charge is 0.135 e. The first kappa shape index (κ1) is 15.4. The van der Waals surface area contributed by atoms with Gasteiger partial charge in [0.1, 0.15) is 18.0 Å². The predicted molar refractivity (Wildman–Crippen MR) is 87.9 cm³/mol. The molecule has 0 amide bonds. The van der Waals surface area contributed by atoms with Gasteiger partial charge in [0.2, 0.25) is 0 Å². The molecule has 0 bridgehead atoms. The van der Waals surface area contributed by atoms with Crippen molar-refractivity contribution in [2.75, 3.05) is 55.4 Å². The molecule has 1 aromatic rings. The Kier molecular flexibility index (Phi) is 5.91. The van der Waals surface area contributed by atoms with Gasteiger partial charge in [-0.2, -0.15) is 11.8 Å². The number of rotatable bonds is 6. The molecule has 1 aromatic heterocycles. The number of hydrogen-bond acceptors (Lipinski definition) is 6. The van der Waals surface area contributed by atoms with Crippen LogP contribution in [0.3, 0.4) is 0 Å². The van der Waals surface area contributed by atoms with Gasteiger partial charge >= 0.3 is 0 Å². The monoisotopic (exact) mass is 295 g/mol. The summed E-state index contributed by atoms with van der Waals surface area (Å²) in [5.74, 6) is 4.80. The van der Waals surface area contributed by atoms with Crippen molar-refractivity contribution < 1.29 is 0 Å². The second-order valence-electron chi connectivity index (χ2n) is 5.27. The van der Waals surface area contributed by atoms with Crippen molar-refractivity contribution in [3.8, 4) is 0 Å². The lowest BCUT2D eigenvalue weighted by Gasteiger charge is -2.26. The highest BCUT2D eigenvalue weighted by Crippen LogP contribution is 2.27. The van der Waals surface area contributed by atoms with Crippen molar-refractivity contribution in [2.45, 2.75) is 19.8 Å². The Hall–Kier alpha value is -1.01. The largest absolute Gasteiger partial charge is 0.373 e. The maximum absolute atomic E-state index is 4.41. The van der Waals surface area contributed by atoms with Gasteiger partial charge < -0.3 is 10.6 Å². The molecule has 1 saturated heterocycles. The van der Waals surface area contributed by atoms with Gasteiger partial charge in [0.15, 0.2) is 0 Å². The van der Waals surface area contributed by atoms with E-state index in [2.05, 4.69) is 39.3 Å². The lowest BCUT2D eigenvalue weighted by atomic mass is 10.0. The molecular formula is C14H25N5S. The van der Waals surface area contributed by atoms with Gasteiger partial charge in [-0.3, -0.25) is 4.90 Å². The fourth-order valence-corrected chi connectivity index (χ4v) is 3.42. The third-order valence-electron chi connectivity index (χ3n) is 3.52. The summed E-state index contributed by atoms with van der Waals surface area (Å²) < 4.78 is 0. The second-order valence-corrected chi connectivity index (χ2v) is 6.49. The summed E-state index contributed by atoms with van der Waals surface area (Å²) in [6.07, 6.45) is 1.62. The van der Waals surface area contributed by atoms with E-state index in [0.29, 0.717) is 5.92 Å². The zero-order chi connectivity index (χ0) is 14.4. The summed E-state index contributed by atoms with van der Waals surface area (Å²) >= 11 is 2.05. The Morgan fingerprint density at radius 2 is 1.95 bits per heavy atom. The minimum atomic E-state index is 0.396. The van der Waals surface area contributed by atoms with Crippen molar-refractivity contribution in [1.82, 2.24) is 14.9 Å². The molecule has 0 aliphatic carbocycles. The normalized spacial score (nSPS) is 16.4. The van der Waals surface area contributed by atoms with Crippen LogP contribution in [0.1, 0.15) is 25.3 Å². The summed E-state index contributed by atoms with van der Waals surface area (Å²) in [5.41, 5.74) is 1.17. The topological polar surface area (TPSA) is 53.1 Å². The van der Waals surface area contributed by atoms with Gasteiger partial charge in [-0.05, 0) is 5.92 Å². The van der Waals surface area contributed by atoms with E-state index in [1.165, 1.54) is 30.2 Å². The molecule has 112 valence electrons.